The Morgan fingerprint density at radius 1 is 1.31 bits per heavy atom. The van der Waals surface area contributed by atoms with Crippen molar-refractivity contribution in [1.82, 2.24) is 0 Å². The Labute approximate surface area is 94.4 Å². The Morgan fingerprint density at radius 3 is 2.50 bits per heavy atom. The molecule has 1 atom stereocenters. The topological polar surface area (TPSA) is 92.8 Å². The van der Waals surface area contributed by atoms with Crippen molar-refractivity contribution in [2.24, 2.45) is 5.73 Å². The monoisotopic (exact) mass is 245 g/mol. The van der Waals surface area contributed by atoms with Gasteiger partial charge in [-0.1, -0.05) is 18.2 Å². The van der Waals surface area contributed by atoms with Crippen LogP contribution in [0.3, 0.4) is 0 Å². The zero-order valence-corrected chi connectivity index (χ0v) is 9.72. The summed E-state index contributed by atoms with van der Waals surface area (Å²) in [6.07, 6.45) is 0.762. The van der Waals surface area contributed by atoms with E-state index in [1.165, 1.54) is 0 Å². The van der Waals surface area contributed by atoms with E-state index >= 15 is 0 Å². The highest BCUT2D eigenvalue weighted by molar-refractivity contribution is 7.52. The molecule has 0 aromatic heterocycles. The second kappa shape index (κ2) is 6.01. The minimum atomic E-state index is -4.15. The van der Waals surface area contributed by atoms with Gasteiger partial charge in [0.15, 0.2) is 0 Å². The lowest BCUT2D eigenvalue weighted by Gasteiger charge is -2.13. The lowest BCUT2D eigenvalue weighted by atomic mass is 10.3. The summed E-state index contributed by atoms with van der Waals surface area (Å²) in [6.45, 7) is 0.401. The van der Waals surface area contributed by atoms with Crippen LogP contribution in [0.5, 0.6) is 5.75 Å². The lowest BCUT2D eigenvalue weighted by Crippen LogP contribution is -2.20. The summed E-state index contributed by atoms with van der Waals surface area (Å²) in [4.78, 5) is 17.5. The molecular weight excluding hydrogens is 229 g/mol. The highest BCUT2D eigenvalue weighted by Gasteiger charge is 2.23. The lowest BCUT2D eigenvalue weighted by molar-refractivity contribution is 0.299. The van der Waals surface area contributed by atoms with Gasteiger partial charge < -0.3 is 20.3 Å². The highest BCUT2D eigenvalue weighted by Crippen LogP contribution is 2.40. The molecule has 0 saturated carbocycles. The fraction of sp³-hybridized carbons (Fsp3) is 0.400. The Bertz CT molecular complexity index is 351. The molecule has 0 spiro atoms. The number of nitrogens with two attached hydrogens (primary N) is 1. The summed E-state index contributed by atoms with van der Waals surface area (Å²) in [5.74, 6) is -0.348. The molecule has 0 aliphatic heterocycles. The first-order valence-corrected chi connectivity index (χ1v) is 6.67. The van der Waals surface area contributed by atoms with Crippen molar-refractivity contribution in [3.63, 3.8) is 0 Å². The maximum absolute atomic E-state index is 10.7. The van der Waals surface area contributed by atoms with Crippen LogP contribution in [0.1, 0.15) is 12.8 Å². The predicted molar refractivity (Wildman–Crippen MR) is 61.2 cm³/mol. The molecule has 0 aliphatic carbocycles. The minimum absolute atomic E-state index is 0.247. The molecular formula is C10H16NO4P. The maximum atomic E-state index is 10.7. The van der Waals surface area contributed by atoms with Crippen LogP contribution in [0, 0.1) is 0 Å². The molecule has 5 nitrogen and oxygen atoms in total. The van der Waals surface area contributed by atoms with Gasteiger partial charge >= 0.3 is 7.60 Å². The van der Waals surface area contributed by atoms with Crippen LogP contribution in [-0.2, 0) is 4.57 Å². The fourth-order valence-corrected chi connectivity index (χ4v) is 1.69. The van der Waals surface area contributed by atoms with E-state index in [-0.39, 0.29) is 6.42 Å². The SMILES string of the molecule is N[C@H](CCCOc1ccccc1)P(=O)(O)O. The molecule has 0 amide bonds. The molecule has 6 heteroatoms. The summed E-state index contributed by atoms with van der Waals surface area (Å²) in [5, 5.41) is 0. The van der Waals surface area contributed by atoms with Crippen LogP contribution in [-0.4, -0.2) is 22.2 Å². The van der Waals surface area contributed by atoms with Crippen LogP contribution >= 0.6 is 7.60 Å². The van der Waals surface area contributed by atoms with Crippen molar-refractivity contribution >= 4 is 7.60 Å². The zero-order chi connectivity index (χ0) is 12.0. The molecule has 4 N–H and O–H groups in total. The van der Waals surface area contributed by atoms with Gasteiger partial charge in [0.25, 0.3) is 0 Å². The van der Waals surface area contributed by atoms with Gasteiger partial charge in [-0.2, -0.15) is 0 Å². The molecule has 0 aliphatic rings. The Balaban J connectivity index is 2.20. The van der Waals surface area contributed by atoms with Crippen molar-refractivity contribution in [3.05, 3.63) is 30.3 Å². The second-order valence-electron chi connectivity index (χ2n) is 3.46. The van der Waals surface area contributed by atoms with Gasteiger partial charge in [-0.25, -0.2) is 0 Å². The average Bonchev–Trinajstić information content (AvgIpc) is 2.24. The van der Waals surface area contributed by atoms with Gasteiger partial charge in [-0.3, -0.25) is 4.57 Å². The van der Waals surface area contributed by atoms with E-state index in [4.69, 9.17) is 20.3 Å². The standard InChI is InChI=1S/C10H16NO4P/c11-10(16(12,13)14)7-4-8-15-9-5-2-1-3-6-9/h1-3,5-6,10H,4,7-8,11H2,(H2,12,13,14)/t10-/m0/s1. The minimum Gasteiger partial charge on any atom is -0.494 e. The van der Waals surface area contributed by atoms with Crippen LogP contribution in [0.2, 0.25) is 0 Å². The van der Waals surface area contributed by atoms with E-state index < -0.39 is 13.4 Å². The molecule has 0 unspecified atom stereocenters. The van der Waals surface area contributed by atoms with E-state index in [9.17, 15) is 4.57 Å². The molecule has 0 radical (unpaired) electrons. The van der Waals surface area contributed by atoms with E-state index in [0.29, 0.717) is 13.0 Å². The van der Waals surface area contributed by atoms with Crippen LogP contribution < -0.4 is 10.5 Å². The third-order valence-electron chi connectivity index (χ3n) is 2.09. The fourth-order valence-electron chi connectivity index (χ4n) is 1.17. The Hall–Kier alpha value is -0.870. The van der Waals surface area contributed by atoms with E-state index in [1.807, 2.05) is 30.3 Å². The van der Waals surface area contributed by atoms with Gasteiger partial charge in [0.1, 0.15) is 11.5 Å². The van der Waals surface area contributed by atoms with Gasteiger partial charge in [0.2, 0.25) is 0 Å². The molecule has 1 aromatic rings. The molecule has 0 bridgehead atoms. The summed E-state index contributed by atoms with van der Waals surface area (Å²) < 4.78 is 16.1. The number of hydrogen-bond acceptors (Lipinski definition) is 3. The van der Waals surface area contributed by atoms with E-state index in [1.54, 1.807) is 0 Å². The summed E-state index contributed by atoms with van der Waals surface area (Å²) in [6, 6.07) is 9.25. The zero-order valence-electron chi connectivity index (χ0n) is 8.82. The molecule has 0 saturated heterocycles. The number of rotatable bonds is 6. The van der Waals surface area contributed by atoms with Gasteiger partial charge in [-0.05, 0) is 25.0 Å². The van der Waals surface area contributed by atoms with E-state index in [2.05, 4.69) is 0 Å². The number of ether oxygens (including phenoxy) is 1. The van der Waals surface area contributed by atoms with Crippen molar-refractivity contribution in [1.29, 1.82) is 0 Å². The third kappa shape index (κ3) is 4.77. The predicted octanol–water partition coefficient (Wildman–Crippen LogP) is 1.31. The molecule has 0 heterocycles. The molecule has 90 valence electrons. The van der Waals surface area contributed by atoms with Crippen LogP contribution in [0.15, 0.2) is 30.3 Å². The molecule has 16 heavy (non-hydrogen) atoms. The average molecular weight is 245 g/mol. The first-order valence-electron chi connectivity index (χ1n) is 4.99. The first-order chi connectivity index (χ1) is 7.50. The smallest absolute Gasteiger partial charge is 0.342 e. The van der Waals surface area contributed by atoms with E-state index in [0.717, 1.165) is 5.75 Å². The second-order valence-corrected chi connectivity index (χ2v) is 5.30. The summed E-state index contributed by atoms with van der Waals surface area (Å²) in [5.41, 5.74) is 5.31. The third-order valence-corrected chi connectivity index (χ3v) is 3.21. The van der Waals surface area contributed by atoms with Crippen molar-refractivity contribution in [2.45, 2.75) is 18.6 Å². The Kier molecular flexibility index (Phi) is 4.96. The van der Waals surface area contributed by atoms with Gasteiger partial charge in [0.05, 0.1) is 6.61 Å². The number of para-hydroxylation sites is 1. The van der Waals surface area contributed by atoms with Crippen molar-refractivity contribution in [2.75, 3.05) is 6.61 Å². The largest absolute Gasteiger partial charge is 0.494 e. The molecule has 1 rings (SSSR count). The Morgan fingerprint density at radius 2 is 1.94 bits per heavy atom. The normalized spacial score (nSPS) is 13.4. The number of benzene rings is 1. The highest BCUT2D eigenvalue weighted by atomic mass is 31.2. The number of hydrogen-bond donors (Lipinski definition) is 3. The summed E-state index contributed by atoms with van der Waals surface area (Å²) >= 11 is 0. The quantitative estimate of drug-likeness (QED) is 0.519. The molecule has 0 fully saturated rings. The van der Waals surface area contributed by atoms with Gasteiger partial charge in [-0.15, -0.1) is 0 Å². The van der Waals surface area contributed by atoms with Crippen molar-refractivity contribution < 1.29 is 19.1 Å². The maximum Gasteiger partial charge on any atom is 0.342 e. The summed E-state index contributed by atoms with van der Waals surface area (Å²) in [7, 11) is -4.15. The van der Waals surface area contributed by atoms with Gasteiger partial charge in [0, 0.05) is 0 Å². The van der Waals surface area contributed by atoms with Crippen molar-refractivity contribution in [3.8, 4) is 5.75 Å². The van der Waals surface area contributed by atoms with Crippen LogP contribution in [0.4, 0.5) is 0 Å². The van der Waals surface area contributed by atoms with Crippen LogP contribution in [0.25, 0.3) is 0 Å². The first kappa shape index (κ1) is 13.2. The molecule has 1 aromatic carbocycles.